The topological polar surface area (TPSA) is 130 Å². The Morgan fingerprint density at radius 2 is 2.08 bits per heavy atom. The molecule has 0 aliphatic carbocycles. The lowest BCUT2D eigenvalue weighted by Crippen LogP contribution is -2.41. The van der Waals surface area contributed by atoms with E-state index in [-0.39, 0.29) is 48.5 Å². The largest absolute Gasteiger partial charge is 0.488 e. The predicted octanol–water partition coefficient (Wildman–Crippen LogP) is 3.03. The lowest BCUT2D eigenvalue weighted by Gasteiger charge is -2.28. The number of aromatic nitrogens is 3. The van der Waals surface area contributed by atoms with Crippen molar-refractivity contribution in [2.24, 2.45) is 0 Å². The number of amides is 2. The SMILES string of the molecule is Cc1ncc(OCC(O)CO)nc1NC(=O)N1CCOc2ccc(-c3cccc(C(F)(F)F)c3)nc21. The molecule has 2 aromatic heterocycles. The molecule has 1 atom stereocenters. The Balaban J connectivity index is 1.58. The molecule has 0 spiro atoms. The number of ether oxygens (including phenoxy) is 2. The van der Waals surface area contributed by atoms with Crippen molar-refractivity contribution >= 4 is 17.7 Å². The first-order valence-corrected chi connectivity index (χ1v) is 10.8. The summed E-state index contributed by atoms with van der Waals surface area (Å²) in [5.41, 5.74) is 0.0396. The first-order valence-electron chi connectivity index (χ1n) is 10.8. The van der Waals surface area contributed by atoms with E-state index in [1.165, 1.54) is 29.3 Å². The van der Waals surface area contributed by atoms with Crippen LogP contribution < -0.4 is 19.7 Å². The van der Waals surface area contributed by atoms with Gasteiger partial charge >= 0.3 is 12.2 Å². The maximum atomic E-state index is 13.2. The van der Waals surface area contributed by atoms with Gasteiger partial charge in [-0.1, -0.05) is 12.1 Å². The summed E-state index contributed by atoms with van der Waals surface area (Å²) in [5.74, 6) is 0.552. The zero-order valence-electron chi connectivity index (χ0n) is 19.0. The lowest BCUT2D eigenvalue weighted by molar-refractivity contribution is -0.137. The molecule has 1 aliphatic rings. The number of rotatable bonds is 6. The number of carbonyl (C=O) groups excluding carboxylic acids is 1. The first-order chi connectivity index (χ1) is 17.2. The summed E-state index contributed by atoms with van der Waals surface area (Å²) < 4.78 is 50.3. The van der Waals surface area contributed by atoms with Gasteiger partial charge in [0.25, 0.3) is 0 Å². The molecule has 4 rings (SSSR count). The van der Waals surface area contributed by atoms with E-state index in [4.69, 9.17) is 14.6 Å². The number of aryl methyl sites for hydroxylation is 1. The van der Waals surface area contributed by atoms with Crippen molar-refractivity contribution in [3.63, 3.8) is 0 Å². The third kappa shape index (κ3) is 5.63. The van der Waals surface area contributed by atoms with Crippen LogP contribution in [0.4, 0.5) is 29.6 Å². The van der Waals surface area contributed by atoms with Crippen LogP contribution in [0.15, 0.2) is 42.6 Å². The van der Waals surface area contributed by atoms with E-state index in [1.54, 1.807) is 13.0 Å². The van der Waals surface area contributed by atoms with Crippen LogP contribution in [0, 0.1) is 6.92 Å². The molecular weight excluding hydrogens is 483 g/mol. The number of halogens is 3. The Morgan fingerprint density at radius 3 is 2.83 bits per heavy atom. The smallest absolute Gasteiger partial charge is 0.416 e. The van der Waals surface area contributed by atoms with Crippen LogP contribution >= 0.6 is 0 Å². The van der Waals surface area contributed by atoms with Crippen LogP contribution in [-0.2, 0) is 6.18 Å². The van der Waals surface area contributed by atoms with Crippen molar-refractivity contribution in [2.45, 2.75) is 19.2 Å². The van der Waals surface area contributed by atoms with Crippen LogP contribution in [0.25, 0.3) is 11.3 Å². The second-order valence-corrected chi connectivity index (χ2v) is 7.82. The average molecular weight is 505 g/mol. The summed E-state index contributed by atoms with van der Waals surface area (Å²) in [5, 5.41) is 21.0. The fraction of sp³-hybridized carbons (Fsp3) is 0.304. The number of hydrogen-bond acceptors (Lipinski definition) is 8. The zero-order valence-corrected chi connectivity index (χ0v) is 19.0. The van der Waals surface area contributed by atoms with E-state index in [0.717, 1.165) is 12.1 Å². The molecule has 0 radical (unpaired) electrons. The summed E-state index contributed by atoms with van der Waals surface area (Å²) in [6.07, 6.45) is -4.30. The van der Waals surface area contributed by atoms with Crippen LogP contribution in [0.1, 0.15) is 11.3 Å². The Morgan fingerprint density at radius 1 is 1.28 bits per heavy atom. The number of pyridine rings is 1. The normalized spacial score (nSPS) is 14.0. The Labute approximate surface area is 203 Å². The highest BCUT2D eigenvalue weighted by molar-refractivity contribution is 6.02. The molecule has 1 aromatic carbocycles. The van der Waals surface area contributed by atoms with Crippen molar-refractivity contribution in [1.29, 1.82) is 0 Å². The molecule has 3 heterocycles. The minimum Gasteiger partial charge on any atom is -0.488 e. The minimum atomic E-state index is -4.51. The number of aliphatic hydroxyl groups excluding tert-OH is 2. The van der Waals surface area contributed by atoms with Gasteiger partial charge in [-0.25, -0.2) is 9.78 Å². The fourth-order valence-corrected chi connectivity index (χ4v) is 3.33. The van der Waals surface area contributed by atoms with E-state index in [9.17, 15) is 23.1 Å². The number of carbonyl (C=O) groups is 1. The van der Waals surface area contributed by atoms with Crippen LogP contribution in [0.2, 0.25) is 0 Å². The number of hydrogen-bond donors (Lipinski definition) is 3. The van der Waals surface area contributed by atoms with Crippen LogP contribution in [0.5, 0.6) is 11.6 Å². The van der Waals surface area contributed by atoms with Gasteiger partial charge < -0.3 is 19.7 Å². The van der Waals surface area contributed by atoms with Crippen molar-refractivity contribution in [3.05, 3.63) is 53.9 Å². The molecule has 0 saturated carbocycles. The summed E-state index contributed by atoms with van der Waals surface area (Å²) in [6, 6.07) is 7.19. The van der Waals surface area contributed by atoms with Gasteiger partial charge in [0, 0.05) is 5.56 Å². The first kappa shape index (κ1) is 25.1. The Bertz CT molecular complexity index is 1260. The number of benzene rings is 1. The van der Waals surface area contributed by atoms with Gasteiger partial charge in [-0.3, -0.25) is 15.2 Å². The highest BCUT2D eigenvalue weighted by Crippen LogP contribution is 2.35. The van der Waals surface area contributed by atoms with E-state index in [0.29, 0.717) is 11.4 Å². The number of nitrogens with zero attached hydrogens (tertiary/aromatic N) is 4. The molecule has 0 fully saturated rings. The molecular formula is C23H22F3N5O5. The molecule has 3 aromatic rings. The third-order valence-electron chi connectivity index (χ3n) is 5.19. The van der Waals surface area contributed by atoms with Crippen LogP contribution in [-0.4, -0.2) is 63.7 Å². The Hall–Kier alpha value is -3.97. The maximum Gasteiger partial charge on any atom is 0.416 e. The summed E-state index contributed by atoms with van der Waals surface area (Å²) in [7, 11) is 0. The highest BCUT2D eigenvalue weighted by atomic mass is 19.4. The monoisotopic (exact) mass is 505 g/mol. The highest BCUT2D eigenvalue weighted by Gasteiger charge is 2.31. The van der Waals surface area contributed by atoms with Crippen LogP contribution in [0.3, 0.4) is 0 Å². The molecule has 2 amide bonds. The molecule has 10 nitrogen and oxygen atoms in total. The van der Waals surface area contributed by atoms with Gasteiger partial charge in [-0.2, -0.15) is 18.2 Å². The summed E-state index contributed by atoms with van der Waals surface area (Å²) >= 11 is 0. The standard InChI is InChI=1S/C23H22F3N5O5/c1-13-20(29-19(10-27-13)36-12-16(33)11-32)30-22(34)31-7-8-35-18-6-5-17(28-21(18)31)14-3-2-4-15(9-14)23(24,25)26/h2-6,9-10,16,32-33H,7-8,11-12H2,1H3,(H,29,30,34). The average Bonchev–Trinajstić information content (AvgIpc) is 2.87. The fourth-order valence-electron chi connectivity index (χ4n) is 3.33. The molecule has 36 heavy (non-hydrogen) atoms. The predicted molar refractivity (Wildman–Crippen MR) is 122 cm³/mol. The van der Waals surface area contributed by atoms with Gasteiger partial charge in [0.1, 0.15) is 19.3 Å². The second-order valence-electron chi connectivity index (χ2n) is 7.82. The van der Waals surface area contributed by atoms with Crippen molar-refractivity contribution in [3.8, 4) is 22.9 Å². The maximum absolute atomic E-state index is 13.2. The number of alkyl halides is 3. The van der Waals surface area contributed by atoms with Crippen molar-refractivity contribution < 1.29 is 37.7 Å². The van der Waals surface area contributed by atoms with Gasteiger partial charge in [0.15, 0.2) is 17.4 Å². The quantitative estimate of drug-likeness (QED) is 0.466. The Kier molecular flexibility index (Phi) is 7.22. The van der Waals surface area contributed by atoms with Gasteiger partial charge in [-0.05, 0) is 31.2 Å². The number of aliphatic hydroxyl groups is 2. The second kappa shape index (κ2) is 10.3. The minimum absolute atomic E-state index is 0.0238. The molecule has 0 bridgehead atoms. The van der Waals surface area contributed by atoms with E-state index >= 15 is 0 Å². The van der Waals surface area contributed by atoms with Gasteiger partial charge in [0.05, 0.1) is 36.3 Å². The molecule has 13 heteroatoms. The number of fused-ring (bicyclic) bond motifs is 1. The summed E-state index contributed by atoms with van der Waals surface area (Å²) in [6.45, 7) is 1.21. The molecule has 1 aliphatic heterocycles. The van der Waals surface area contributed by atoms with Crippen molar-refractivity contribution in [1.82, 2.24) is 15.0 Å². The molecule has 3 N–H and O–H groups in total. The zero-order chi connectivity index (χ0) is 25.9. The molecule has 190 valence electrons. The van der Waals surface area contributed by atoms with E-state index in [2.05, 4.69) is 20.3 Å². The van der Waals surface area contributed by atoms with Gasteiger partial charge in [-0.15, -0.1) is 0 Å². The molecule has 1 unspecified atom stereocenters. The van der Waals surface area contributed by atoms with Crippen molar-refractivity contribution in [2.75, 3.05) is 36.6 Å². The van der Waals surface area contributed by atoms with E-state index < -0.39 is 30.5 Å². The number of anilines is 2. The third-order valence-corrected chi connectivity index (χ3v) is 5.19. The molecule has 0 saturated heterocycles. The lowest BCUT2D eigenvalue weighted by atomic mass is 10.1. The number of urea groups is 1. The number of nitrogens with one attached hydrogen (secondary N) is 1. The van der Waals surface area contributed by atoms with Gasteiger partial charge in [0.2, 0.25) is 5.88 Å². The summed E-state index contributed by atoms with van der Waals surface area (Å²) in [4.78, 5) is 27.1. The van der Waals surface area contributed by atoms with E-state index in [1.807, 2.05) is 0 Å².